The summed E-state index contributed by atoms with van der Waals surface area (Å²) in [4.78, 5) is 12.4. The van der Waals surface area contributed by atoms with Crippen molar-refractivity contribution in [2.45, 2.75) is 26.9 Å². The van der Waals surface area contributed by atoms with Gasteiger partial charge in [0.25, 0.3) is 0 Å². The first kappa shape index (κ1) is 19.3. The molecule has 0 saturated carbocycles. The molecule has 0 radical (unpaired) electrons. The van der Waals surface area contributed by atoms with Crippen molar-refractivity contribution in [1.29, 1.82) is 15.8 Å². The standard InChI is InChI=1S/C19H17ClN4O2/c1-11(2)16-18(8-21,9-22)19(10-23,17(24)25)12(3)15(26-16)13-4-6-14(20)7-5-13/h4-7,11,16H,1-3H3,(H2,24,25)/t16-,19-/m0/s1. The van der Waals surface area contributed by atoms with Crippen molar-refractivity contribution < 1.29 is 9.53 Å². The van der Waals surface area contributed by atoms with Gasteiger partial charge in [0, 0.05) is 16.2 Å². The summed E-state index contributed by atoms with van der Waals surface area (Å²) in [5, 5.41) is 30.1. The third-order valence-corrected chi connectivity index (χ3v) is 5.02. The molecule has 1 amide bonds. The van der Waals surface area contributed by atoms with Gasteiger partial charge in [-0.1, -0.05) is 25.4 Å². The fraction of sp³-hybridized carbons (Fsp3) is 0.368. The molecule has 132 valence electrons. The predicted octanol–water partition coefficient (Wildman–Crippen LogP) is 3.15. The summed E-state index contributed by atoms with van der Waals surface area (Å²) < 4.78 is 6.02. The highest BCUT2D eigenvalue weighted by atomic mass is 35.5. The third kappa shape index (κ3) is 2.41. The normalized spacial score (nSPS) is 24.2. The van der Waals surface area contributed by atoms with Crippen LogP contribution in [0, 0.1) is 50.7 Å². The van der Waals surface area contributed by atoms with Crippen LogP contribution in [-0.2, 0) is 9.53 Å². The lowest BCUT2D eigenvalue weighted by Gasteiger charge is -2.46. The van der Waals surface area contributed by atoms with Crippen LogP contribution in [0.2, 0.25) is 5.02 Å². The lowest BCUT2D eigenvalue weighted by atomic mass is 9.55. The topological polar surface area (TPSA) is 124 Å². The van der Waals surface area contributed by atoms with Crippen molar-refractivity contribution >= 4 is 23.3 Å². The van der Waals surface area contributed by atoms with Gasteiger partial charge in [-0.2, -0.15) is 15.8 Å². The minimum Gasteiger partial charge on any atom is -0.487 e. The number of primary amides is 1. The number of halogens is 1. The maximum Gasteiger partial charge on any atom is 0.245 e. The highest BCUT2D eigenvalue weighted by molar-refractivity contribution is 6.30. The Kier molecular flexibility index (Phi) is 4.99. The molecule has 1 aromatic carbocycles. The molecule has 0 unspecified atom stereocenters. The van der Waals surface area contributed by atoms with Crippen LogP contribution in [-0.4, -0.2) is 12.0 Å². The summed E-state index contributed by atoms with van der Waals surface area (Å²) in [5.74, 6) is -1.14. The van der Waals surface area contributed by atoms with Crippen LogP contribution in [0.25, 0.3) is 5.76 Å². The van der Waals surface area contributed by atoms with E-state index >= 15 is 0 Å². The summed E-state index contributed by atoms with van der Waals surface area (Å²) in [5.41, 5.74) is 2.08. The van der Waals surface area contributed by atoms with E-state index in [1.54, 1.807) is 38.1 Å². The number of amides is 1. The Balaban J connectivity index is 2.93. The first-order valence-electron chi connectivity index (χ1n) is 7.89. The number of benzene rings is 1. The molecule has 7 heteroatoms. The second kappa shape index (κ2) is 6.71. The average molecular weight is 369 g/mol. The average Bonchev–Trinajstić information content (AvgIpc) is 2.61. The van der Waals surface area contributed by atoms with E-state index in [1.807, 2.05) is 18.2 Å². The van der Waals surface area contributed by atoms with Crippen LogP contribution in [0.3, 0.4) is 0 Å². The molecule has 0 bridgehead atoms. The van der Waals surface area contributed by atoms with Gasteiger partial charge in [-0.3, -0.25) is 4.79 Å². The van der Waals surface area contributed by atoms with Crippen molar-refractivity contribution in [3.05, 3.63) is 40.4 Å². The van der Waals surface area contributed by atoms with Crippen LogP contribution < -0.4 is 5.73 Å². The molecule has 0 spiro atoms. The monoisotopic (exact) mass is 368 g/mol. The summed E-state index contributed by atoms with van der Waals surface area (Å²) in [6.07, 6.45) is -1.03. The van der Waals surface area contributed by atoms with E-state index in [-0.39, 0.29) is 17.3 Å². The zero-order chi connectivity index (χ0) is 19.7. The fourth-order valence-electron chi connectivity index (χ4n) is 3.43. The minimum absolute atomic E-state index is 0.134. The van der Waals surface area contributed by atoms with Gasteiger partial charge in [0.1, 0.15) is 11.9 Å². The predicted molar refractivity (Wildman–Crippen MR) is 94.7 cm³/mol. The van der Waals surface area contributed by atoms with Gasteiger partial charge in [-0.25, -0.2) is 0 Å². The van der Waals surface area contributed by atoms with Crippen molar-refractivity contribution in [2.24, 2.45) is 22.5 Å². The number of ether oxygens (including phenoxy) is 1. The molecule has 1 aromatic rings. The molecule has 1 aliphatic rings. The molecule has 0 fully saturated rings. The van der Waals surface area contributed by atoms with Crippen LogP contribution in [0.5, 0.6) is 0 Å². The molecule has 0 aromatic heterocycles. The van der Waals surface area contributed by atoms with Crippen LogP contribution >= 0.6 is 11.6 Å². The molecule has 2 N–H and O–H groups in total. The van der Waals surface area contributed by atoms with E-state index in [4.69, 9.17) is 22.1 Å². The van der Waals surface area contributed by atoms with Crippen LogP contribution in [0.4, 0.5) is 0 Å². The minimum atomic E-state index is -2.14. The quantitative estimate of drug-likeness (QED) is 0.877. The molecule has 0 saturated heterocycles. The van der Waals surface area contributed by atoms with Crippen molar-refractivity contribution in [3.8, 4) is 18.2 Å². The summed E-state index contributed by atoms with van der Waals surface area (Å²) in [7, 11) is 0. The van der Waals surface area contributed by atoms with Gasteiger partial charge >= 0.3 is 0 Å². The molecule has 1 aliphatic heterocycles. The Bertz CT molecular complexity index is 885. The lowest BCUT2D eigenvalue weighted by molar-refractivity contribution is -0.131. The number of hydrogen-bond donors (Lipinski definition) is 1. The van der Waals surface area contributed by atoms with Gasteiger partial charge in [-0.05, 0) is 37.1 Å². The fourth-order valence-corrected chi connectivity index (χ4v) is 3.56. The van der Waals surface area contributed by atoms with E-state index in [0.29, 0.717) is 10.6 Å². The smallest absolute Gasteiger partial charge is 0.245 e. The van der Waals surface area contributed by atoms with Gasteiger partial charge in [0.05, 0.1) is 18.2 Å². The molecular formula is C19H17ClN4O2. The van der Waals surface area contributed by atoms with Crippen molar-refractivity contribution in [3.63, 3.8) is 0 Å². The van der Waals surface area contributed by atoms with Crippen molar-refractivity contribution in [2.75, 3.05) is 0 Å². The number of nitriles is 3. The van der Waals surface area contributed by atoms with Crippen LogP contribution in [0.1, 0.15) is 26.3 Å². The Labute approximate surface area is 157 Å². The van der Waals surface area contributed by atoms with E-state index in [2.05, 4.69) is 0 Å². The Morgan fingerprint density at radius 3 is 2.12 bits per heavy atom. The largest absolute Gasteiger partial charge is 0.487 e. The van der Waals surface area contributed by atoms with Gasteiger partial charge in [-0.15, -0.1) is 0 Å². The SMILES string of the molecule is CC1=C(c2ccc(Cl)cc2)O[C@@H](C(C)C)C(C#N)(C#N)[C@]1(C#N)C(N)=O. The maximum absolute atomic E-state index is 12.4. The number of rotatable bonds is 3. The van der Waals surface area contributed by atoms with Crippen molar-refractivity contribution in [1.82, 2.24) is 0 Å². The van der Waals surface area contributed by atoms with E-state index in [0.717, 1.165) is 0 Å². The van der Waals surface area contributed by atoms with Crippen LogP contribution in [0.15, 0.2) is 29.8 Å². The highest BCUT2D eigenvalue weighted by Gasteiger charge is 2.68. The summed E-state index contributed by atoms with van der Waals surface area (Å²) in [6.45, 7) is 4.98. The molecule has 2 rings (SSSR count). The summed E-state index contributed by atoms with van der Waals surface area (Å²) >= 11 is 5.92. The molecule has 1 heterocycles. The molecule has 2 atom stereocenters. The molecular weight excluding hydrogens is 352 g/mol. The Morgan fingerprint density at radius 1 is 1.19 bits per heavy atom. The van der Waals surface area contributed by atoms with E-state index < -0.39 is 22.8 Å². The number of carbonyl (C=O) groups excluding carboxylic acids is 1. The number of hydrogen-bond acceptors (Lipinski definition) is 5. The number of carbonyl (C=O) groups is 1. The number of nitrogens with zero attached hydrogens (tertiary/aromatic N) is 3. The first-order valence-corrected chi connectivity index (χ1v) is 8.27. The maximum atomic E-state index is 12.4. The first-order chi connectivity index (χ1) is 12.2. The highest BCUT2D eigenvalue weighted by Crippen LogP contribution is 2.55. The third-order valence-electron chi connectivity index (χ3n) is 4.77. The second-order valence-electron chi connectivity index (χ2n) is 6.50. The summed E-state index contributed by atoms with van der Waals surface area (Å²) in [6, 6.07) is 12.2. The Hall–Kier alpha value is -3.01. The zero-order valence-electron chi connectivity index (χ0n) is 14.6. The van der Waals surface area contributed by atoms with Gasteiger partial charge < -0.3 is 10.5 Å². The molecule has 6 nitrogen and oxygen atoms in total. The molecule has 26 heavy (non-hydrogen) atoms. The second-order valence-corrected chi connectivity index (χ2v) is 6.94. The lowest BCUT2D eigenvalue weighted by Crippen LogP contribution is -2.59. The Morgan fingerprint density at radius 2 is 1.73 bits per heavy atom. The van der Waals surface area contributed by atoms with E-state index in [9.17, 15) is 20.6 Å². The van der Waals surface area contributed by atoms with Gasteiger partial charge in [0.2, 0.25) is 11.3 Å². The zero-order valence-corrected chi connectivity index (χ0v) is 15.3. The molecule has 0 aliphatic carbocycles. The number of nitrogens with two attached hydrogens (primary N) is 1. The van der Waals surface area contributed by atoms with E-state index in [1.165, 1.54) is 6.92 Å². The van der Waals surface area contributed by atoms with Gasteiger partial charge in [0.15, 0.2) is 5.41 Å².